The van der Waals surface area contributed by atoms with Crippen LogP contribution in [0.2, 0.25) is 0 Å². The number of ether oxygens (including phenoxy) is 1. The van der Waals surface area contributed by atoms with Crippen LogP contribution < -0.4 is 10.1 Å². The zero-order valence-corrected chi connectivity index (χ0v) is 20.3. The lowest BCUT2D eigenvalue weighted by Crippen LogP contribution is -2.32. The first kappa shape index (κ1) is 25.0. The fraction of sp³-hybridized carbons (Fsp3) is 0.269. The van der Waals surface area contributed by atoms with Crippen LogP contribution in [0.4, 0.5) is 13.2 Å². The summed E-state index contributed by atoms with van der Waals surface area (Å²) in [5.41, 5.74) is 2.12. The number of aryl methyl sites for hydroxylation is 2. The van der Waals surface area contributed by atoms with Crippen molar-refractivity contribution in [3.05, 3.63) is 94.8 Å². The smallest absolute Gasteiger partial charge is 0.416 e. The number of methoxy groups -OCH3 is 1. The molecule has 2 aromatic heterocycles. The third-order valence-corrected chi connectivity index (χ3v) is 6.05. The predicted octanol–water partition coefficient (Wildman–Crippen LogP) is 4.70. The fourth-order valence-electron chi connectivity index (χ4n) is 4.14. The van der Waals surface area contributed by atoms with Gasteiger partial charge in [0.05, 0.1) is 30.5 Å². The van der Waals surface area contributed by atoms with E-state index in [1.165, 1.54) is 10.7 Å². The van der Waals surface area contributed by atoms with Gasteiger partial charge in [0.25, 0.3) is 0 Å². The maximum Gasteiger partial charge on any atom is 0.416 e. The van der Waals surface area contributed by atoms with Gasteiger partial charge in [0.1, 0.15) is 17.6 Å². The highest BCUT2D eigenvalue weighted by Gasteiger charge is 2.31. The number of hydrogen-bond donors (Lipinski definition) is 1. The van der Waals surface area contributed by atoms with E-state index in [2.05, 4.69) is 15.4 Å². The Morgan fingerprint density at radius 3 is 2.56 bits per heavy atom. The van der Waals surface area contributed by atoms with Crippen molar-refractivity contribution < 1.29 is 22.7 Å². The number of nitrogens with one attached hydrogen (secondary N) is 1. The maximum absolute atomic E-state index is 13.2. The van der Waals surface area contributed by atoms with E-state index in [1.54, 1.807) is 39.4 Å². The number of carbonyl (C=O) groups excluding carboxylic acids is 1. The van der Waals surface area contributed by atoms with E-state index in [0.717, 1.165) is 17.7 Å². The minimum absolute atomic E-state index is 0.00151. The molecule has 2 aromatic carbocycles. The van der Waals surface area contributed by atoms with Crippen molar-refractivity contribution in [2.45, 2.75) is 32.5 Å². The molecule has 0 radical (unpaired) electrons. The number of halogens is 3. The molecule has 0 saturated heterocycles. The monoisotopic (exact) mass is 497 g/mol. The lowest BCUT2D eigenvalue weighted by atomic mass is 10.0. The first-order valence-electron chi connectivity index (χ1n) is 11.2. The van der Waals surface area contributed by atoms with Gasteiger partial charge in [-0.15, -0.1) is 0 Å². The van der Waals surface area contributed by atoms with Crippen LogP contribution in [0.3, 0.4) is 0 Å². The van der Waals surface area contributed by atoms with Gasteiger partial charge in [0, 0.05) is 30.7 Å². The second-order valence-electron chi connectivity index (χ2n) is 8.46. The molecular formula is C26H26F3N5O2. The second-order valence-corrected chi connectivity index (χ2v) is 8.46. The van der Waals surface area contributed by atoms with Crippen LogP contribution in [-0.2, 0) is 24.4 Å². The second kappa shape index (κ2) is 9.88. The summed E-state index contributed by atoms with van der Waals surface area (Å²) < 4.78 is 48.2. The SMILES string of the molecule is COc1cccc(C(NC(=O)Cc2c(C)nn(-c3cccc(C(F)(F)F)c3)c2C)c2nccn2C)c1. The molecule has 0 spiro atoms. The molecule has 0 bridgehead atoms. The van der Waals surface area contributed by atoms with Gasteiger partial charge in [0.15, 0.2) is 0 Å². The number of aromatic nitrogens is 4. The number of nitrogens with zero attached hydrogens (tertiary/aromatic N) is 4. The highest BCUT2D eigenvalue weighted by atomic mass is 19.4. The van der Waals surface area contributed by atoms with Gasteiger partial charge in [-0.3, -0.25) is 4.79 Å². The Balaban J connectivity index is 1.62. The van der Waals surface area contributed by atoms with Crippen molar-refractivity contribution in [3.8, 4) is 11.4 Å². The highest BCUT2D eigenvalue weighted by molar-refractivity contribution is 5.80. The van der Waals surface area contributed by atoms with Crippen molar-refractivity contribution in [1.82, 2.24) is 24.6 Å². The Morgan fingerprint density at radius 1 is 1.14 bits per heavy atom. The molecule has 10 heteroatoms. The van der Waals surface area contributed by atoms with Gasteiger partial charge in [-0.05, 0) is 49.7 Å². The van der Waals surface area contributed by atoms with Gasteiger partial charge >= 0.3 is 6.18 Å². The Kier molecular flexibility index (Phi) is 6.87. The van der Waals surface area contributed by atoms with Crippen LogP contribution in [-0.4, -0.2) is 32.3 Å². The summed E-state index contributed by atoms with van der Waals surface area (Å²) in [5, 5.41) is 7.46. The molecule has 1 amide bonds. The van der Waals surface area contributed by atoms with Gasteiger partial charge in [-0.2, -0.15) is 18.3 Å². The maximum atomic E-state index is 13.2. The number of rotatable bonds is 7. The molecule has 0 aliphatic rings. The molecule has 36 heavy (non-hydrogen) atoms. The molecule has 4 aromatic rings. The van der Waals surface area contributed by atoms with E-state index >= 15 is 0 Å². The molecule has 4 rings (SSSR count). The third kappa shape index (κ3) is 5.12. The molecule has 0 aliphatic heterocycles. The van der Waals surface area contributed by atoms with Crippen molar-refractivity contribution in [2.24, 2.45) is 7.05 Å². The molecule has 0 aliphatic carbocycles. The number of hydrogen-bond acceptors (Lipinski definition) is 4. The molecule has 1 atom stereocenters. The zero-order valence-electron chi connectivity index (χ0n) is 20.3. The summed E-state index contributed by atoms with van der Waals surface area (Å²) in [6.45, 7) is 3.47. The first-order valence-corrected chi connectivity index (χ1v) is 11.2. The van der Waals surface area contributed by atoms with E-state index in [1.807, 2.05) is 35.9 Å². The zero-order chi connectivity index (χ0) is 26.0. The average molecular weight is 498 g/mol. The van der Waals surface area contributed by atoms with E-state index in [4.69, 9.17) is 4.74 Å². The molecule has 1 unspecified atom stereocenters. The number of imidazole rings is 1. The lowest BCUT2D eigenvalue weighted by molar-refractivity contribution is -0.137. The Bertz CT molecular complexity index is 1390. The number of benzene rings is 2. The largest absolute Gasteiger partial charge is 0.497 e. The minimum atomic E-state index is -4.46. The van der Waals surface area contributed by atoms with Crippen molar-refractivity contribution in [2.75, 3.05) is 7.11 Å². The predicted molar refractivity (Wildman–Crippen MR) is 128 cm³/mol. The number of alkyl halides is 3. The van der Waals surface area contributed by atoms with E-state index < -0.39 is 17.8 Å². The van der Waals surface area contributed by atoms with Crippen LogP contribution >= 0.6 is 0 Å². The van der Waals surface area contributed by atoms with Crippen LogP contribution in [0.1, 0.15) is 39.9 Å². The molecule has 2 heterocycles. The molecule has 0 fully saturated rings. The topological polar surface area (TPSA) is 74.0 Å². The van der Waals surface area contributed by atoms with Crippen LogP contribution in [0.15, 0.2) is 60.9 Å². The van der Waals surface area contributed by atoms with Gasteiger partial charge in [-0.25, -0.2) is 9.67 Å². The molecule has 7 nitrogen and oxygen atoms in total. The van der Waals surface area contributed by atoms with Gasteiger partial charge < -0.3 is 14.6 Å². The summed E-state index contributed by atoms with van der Waals surface area (Å²) in [5.74, 6) is 1.01. The quantitative estimate of drug-likeness (QED) is 0.402. The number of amides is 1. The van der Waals surface area contributed by atoms with Crippen molar-refractivity contribution >= 4 is 5.91 Å². The van der Waals surface area contributed by atoms with Crippen LogP contribution in [0, 0.1) is 13.8 Å². The number of carbonyl (C=O) groups is 1. The molecule has 188 valence electrons. The van der Waals surface area contributed by atoms with E-state index in [0.29, 0.717) is 28.5 Å². The van der Waals surface area contributed by atoms with Crippen molar-refractivity contribution in [1.29, 1.82) is 0 Å². The van der Waals surface area contributed by atoms with Crippen molar-refractivity contribution in [3.63, 3.8) is 0 Å². The van der Waals surface area contributed by atoms with Gasteiger partial charge in [0.2, 0.25) is 5.91 Å². The minimum Gasteiger partial charge on any atom is -0.497 e. The summed E-state index contributed by atoms with van der Waals surface area (Å²) in [7, 11) is 3.41. The summed E-state index contributed by atoms with van der Waals surface area (Å²) in [6, 6.07) is 11.8. The lowest BCUT2D eigenvalue weighted by Gasteiger charge is -2.20. The molecule has 0 saturated carbocycles. The van der Waals surface area contributed by atoms with E-state index in [9.17, 15) is 18.0 Å². The summed E-state index contributed by atoms with van der Waals surface area (Å²) in [6.07, 6.45) is -1.01. The summed E-state index contributed by atoms with van der Waals surface area (Å²) in [4.78, 5) is 17.6. The van der Waals surface area contributed by atoms with Crippen LogP contribution in [0.5, 0.6) is 5.75 Å². The standard InChI is InChI=1S/C26H26F3N5O2/c1-16-22(17(2)34(32-16)20-9-6-8-19(14-20)26(27,28)29)15-23(35)31-24(25-30-11-12-33(25)3)18-7-5-10-21(13-18)36-4/h5-14,24H,15H2,1-4H3,(H,31,35). The Labute approximate surface area is 206 Å². The molecule has 1 N–H and O–H groups in total. The fourth-order valence-corrected chi connectivity index (χ4v) is 4.14. The molecular weight excluding hydrogens is 471 g/mol. The highest BCUT2D eigenvalue weighted by Crippen LogP contribution is 2.31. The Hall–Kier alpha value is -4.08. The average Bonchev–Trinajstić information content (AvgIpc) is 3.40. The van der Waals surface area contributed by atoms with Gasteiger partial charge in [-0.1, -0.05) is 18.2 Å². The van der Waals surface area contributed by atoms with Crippen LogP contribution in [0.25, 0.3) is 5.69 Å². The first-order chi connectivity index (χ1) is 17.1. The summed E-state index contributed by atoms with van der Waals surface area (Å²) >= 11 is 0. The Morgan fingerprint density at radius 2 is 1.89 bits per heavy atom. The normalized spacial score (nSPS) is 12.4. The third-order valence-electron chi connectivity index (χ3n) is 6.05. The van der Waals surface area contributed by atoms with E-state index in [-0.39, 0.29) is 18.0 Å².